The van der Waals surface area contributed by atoms with Crippen molar-refractivity contribution in [2.45, 2.75) is 17.5 Å². The number of alkyl halides is 3. The predicted octanol–water partition coefficient (Wildman–Crippen LogP) is 3.03. The number of hydrogen-bond acceptors (Lipinski definition) is 5. The fourth-order valence-corrected chi connectivity index (χ4v) is 3.58. The molecule has 0 saturated heterocycles. The maximum atomic E-state index is 13.0. The van der Waals surface area contributed by atoms with E-state index in [1.807, 2.05) is 0 Å². The zero-order chi connectivity index (χ0) is 21.1. The van der Waals surface area contributed by atoms with Gasteiger partial charge < -0.3 is 10.4 Å². The Morgan fingerprint density at radius 3 is 2.32 bits per heavy atom. The van der Waals surface area contributed by atoms with Crippen molar-refractivity contribution < 1.29 is 32.2 Å². The SMILES string of the molecule is CS(=O)C(c1ccccc1)C(O)C(=O)Nc1ccc([N+](=O)[O-])c(C(F)(F)F)c1. The van der Waals surface area contributed by atoms with Crippen molar-refractivity contribution in [3.63, 3.8) is 0 Å². The summed E-state index contributed by atoms with van der Waals surface area (Å²) in [6.07, 6.45) is -5.56. The summed E-state index contributed by atoms with van der Waals surface area (Å²) in [5, 5.41) is 22.0. The van der Waals surface area contributed by atoms with Crippen LogP contribution in [0, 0.1) is 10.1 Å². The molecule has 0 spiro atoms. The van der Waals surface area contributed by atoms with E-state index in [1.54, 1.807) is 30.3 Å². The standard InChI is InChI=1S/C17H15F3N2O5S/c1-28(27)15(10-5-3-2-4-6-10)14(23)16(24)21-11-7-8-13(22(25)26)12(9-11)17(18,19)20/h2-9,14-15,23H,1H3,(H,21,24). The maximum absolute atomic E-state index is 13.0. The molecule has 0 aliphatic rings. The van der Waals surface area contributed by atoms with Crippen LogP contribution in [0.5, 0.6) is 0 Å². The lowest BCUT2D eigenvalue weighted by Gasteiger charge is -2.21. The average Bonchev–Trinajstić information content (AvgIpc) is 2.61. The van der Waals surface area contributed by atoms with Gasteiger partial charge in [-0.3, -0.25) is 19.1 Å². The average molecular weight is 416 g/mol. The molecule has 2 aromatic rings. The molecule has 0 aliphatic heterocycles. The molecule has 0 aliphatic carbocycles. The minimum absolute atomic E-state index is 0.393. The van der Waals surface area contributed by atoms with E-state index in [1.165, 1.54) is 6.26 Å². The molecule has 3 unspecified atom stereocenters. The molecule has 0 heterocycles. The Morgan fingerprint density at radius 2 is 1.82 bits per heavy atom. The van der Waals surface area contributed by atoms with Crippen LogP contribution in [0.4, 0.5) is 24.5 Å². The molecule has 150 valence electrons. The molecule has 0 bridgehead atoms. The van der Waals surface area contributed by atoms with Crippen LogP contribution in [-0.2, 0) is 21.8 Å². The van der Waals surface area contributed by atoms with E-state index >= 15 is 0 Å². The third-order valence-corrected chi connectivity index (χ3v) is 5.05. The molecule has 1 amide bonds. The number of benzene rings is 2. The lowest BCUT2D eigenvalue weighted by Crippen LogP contribution is -2.35. The number of amides is 1. The van der Waals surface area contributed by atoms with Gasteiger partial charge in [0, 0.05) is 28.8 Å². The Labute approximate surface area is 159 Å². The van der Waals surface area contributed by atoms with Gasteiger partial charge in [-0.1, -0.05) is 30.3 Å². The number of halogens is 3. The van der Waals surface area contributed by atoms with Crippen molar-refractivity contribution in [2.75, 3.05) is 11.6 Å². The molecule has 0 aromatic heterocycles. The number of carbonyl (C=O) groups excluding carboxylic acids is 1. The second-order valence-corrected chi connectivity index (χ2v) is 7.26. The number of aliphatic hydroxyl groups is 1. The van der Waals surface area contributed by atoms with Gasteiger partial charge in [0.05, 0.1) is 10.2 Å². The minimum Gasteiger partial charge on any atom is -0.382 e. The summed E-state index contributed by atoms with van der Waals surface area (Å²) in [5.41, 5.74) is -2.69. The number of nitro benzene ring substituents is 1. The largest absolute Gasteiger partial charge is 0.423 e. The number of hydrogen-bond donors (Lipinski definition) is 2. The quantitative estimate of drug-likeness (QED) is 0.556. The van der Waals surface area contributed by atoms with Crippen molar-refractivity contribution in [3.05, 3.63) is 69.8 Å². The van der Waals surface area contributed by atoms with Crippen molar-refractivity contribution >= 4 is 28.1 Å². The Bertz CT molecular complexity index is 905. The molecule has 7 nitrogen and oxygen atoms in total. The number of rotatable bonds is 6. The zero-order valence-electron chi connectivity index (χ0n) is 14.3. The van der Waals surface area contributed by atoms with Gasteiger partial charge in [0.25, 0.3) is 11.6 Å². The number of nitrogens with one attached hydrogen (secondary N) is 1. The van der Waals surface area contributed by atoms with Gasteiger partial charge in [0.1, 0.15) is 5.56 Å². The van der Waals surface area contributed by atoms with Crippen LogP contribution in [-0.4, -0.2) is 32.5 Å². The van der Waals surface area contributed by atoms with E-state index in [0.29, 0.717) is 17.7 Å². The molecular formula is C17H15F3N2O5S. The van der Waals surface area contributed by atoms with Crippen LogP contribution < -0.4 is 5.32 Å². The monoisotopic (exact) mass is 416 g/mol. The first-order valence-corrected chi connectivity index (χ1v) is 9.36. The first-order valence-electron chi connectivity index (χ1n) is 7.74. The molecule has 2 aromatic carbocycles. The zero-order valence-corrected chi connectivity index (χ0v) is 15.2. The first-order chi connectivity index (χ1) is 13.0. The number of nitrogens with zero attached hydrogens (tertiary/aromatic N) is 1. The first kappa shape index (κ1) is 21.5. The van der Waals surface area contributed by atoms with Crippen molar-refractivity contribution in [2.24, 2.45) is 0 Å². The summed E-state index contributed by atoms with van der Waals surface area (Å²) in [4.78, 5) is 21.9. The summed E-state index contributed by atoms with van der Waals surface area (Å²) in [6, 6.07) is 9.95. The number of aliphatic hydroxyl groups excluding tert-OH is 1. The molecule has 0 fully saturated rings. The topological polar surface area (TPSA) is 110 Å². The smallest absolute Gasteiger partial charge is 0.382 e. The van der Waals surface area contributed by atoms with Crippen molar-refractivity contribution in [1.82, 2.24) is 0 Å². The second-order valence-electron chi connectivity index (χ2n) is 5.75. The van der Waals surface area contributed by atoms with E-state index in [2.05, 4.69) is 5.32 Å². The number of carbonyl (C=O) groups is 1. The summed E-state index contributed by atoms with van der Waals surface area (Å²) in [6.45, 7) is 0. The van der Waals surface area contributed by atoms with E-state index in [-0.39, 0.29) is 0 Å². The van der Waals surface area contributed by atoms with Gasteiger partial charge in [-0.2, -0.15) is 13.2 Å². The summed E-state index contributed by atoms with van der Waals surface area (Å²) >= 11 is 0. The highest BCUT2D eigenvalue weighted by molar-refractivity contribution is 7.84. The minimum atomic E-state index is -5.01. The number of anilines is 1. The van der Waals surface area contributed by atoms with Gasteiger partial charge >= 0.3 is 6.18 Å². The molecule has 2 N–H and O–H groups in total. The summed E-state index contributed by atoms with van der Waals surface area (Å²) < 4.78 is 51.1. The third kappa shape index (κ3) is 4.93. The molecule has 28 heavy (non-hydrogen) atoms. The summed E-state index contributed by atoms with van der Waals surface area (Å²) in [7, 11) is -1.67. The Morgan fingerprint density at radius 1 is 1.21 bits per heavy atom. The third-order valence-electron chi connectivity index (χ3n) is 3.81. The van der Waals surface area contributed by atoms with Crippen LogP contribution in [0.3, 0.4) is 0 Å². The van der Waals surface area contributed by atoms with E-state index in [0.717, 1.165) is 6.07 Å². The molecule has 0 saturated carbocycles. The van der Waals surface area contributed by atoms with Crippen LogP contribution in [0.15, 0.2) is 48.5 Å². The lowest BCUT2D eigenvalue weighted by molar-refractivity contribution is -0.388. The van der Waals surface area contributed by atoms with Crippen molar-refractivity contribution in [1.29, 1.82) is 0 Å². The van der Waals surface area contributed by atoms with Gasteiger partial charge in [-0.15, -0.1) is 0 Å². The lowest BCUT2D eigenvalue weighted by atomic mass is 10.1. The van der Waals surface area contributed by atoms with Crippen LogP contribution in [0.25, 0.3) is 0 Å². The summed E-state index contributed by atoms with van der Waals surface area (Å²) in [5.74, 6) is -1.09. The van der Waals surface area contributed by atoms with E-state index < -0.39 is 56.1 Å². The highest BCUT2D eigenvalue weighted by atomic mass is 32.2. The fourth-order valence-electron chi connectivity index (χ4n) is 2.55. The molecule has 11 heteroatoms. The number of nitro groups is 1. The van der Waals surface area contributed by atoms with E-state index in [4.69, 9.17) is 0 Å². The second kappa shape index (κ2) is 8.48. The molecule has 3 atom stereocenters. The van der Waals surface area contributed by atoms with Crippen molar-refractivity contribution in [3.8, 4) is 0 Å². The predicted molar refractivity (Wildman–Crippen MR) is 96.0 cm³/mol. The highest BCUT2D eigenvalue weighted by Gasteiger charge is 2.39. The van der Waals surface area contributed by atoms with Gasteiger partial charge in [-0.05, 0) is 17.7 Å². The molecular weight excluding hydrogens is 401 g/mol. The molecule has 2 rings (SSSR count). The maximum Gasteiger partial charge on any atom is 0.423 e. The van der Waals surface area contributed by atoms with Gasteiger partial charge in [0.2, 0.25) is 0 Å². The van der Waals surface area contributed by atoms with E-state index in [9.17, 15) is 37.4 Å². The fraction of sp³-hybridized carbons (Fsp3) is 0.235. The van der Waals surface area contributed by atoms with Crippen LogP contribution in [0.2, 0.25) is 0 Å². The Balaban J connectivity index is 2.31. The Hall–Kier alpha value is -2.79. The van der Waals surface area contributed by atoms with Gasteiger partial charge in [-0.25, -0.2) is 0 Å². The highest BCUT2D eigenvalue weighted by Crippen LogP contribution is 2.37. The Kier molecular flexibility index (Phi) is 6.52. The molecule has 0 radical (unpaired) electrons. The van der Waals surface area contributed by atoms with Gasteiger partial charge in [0.15, 0.2) is 6.10 Å². The van der Waals surface area contributed by atoms with Crippen LogP contribution in [0.1, 0.15) is 16.4 Å². The normalized spacial score (nSPS) is 14.8. The van der Waals surface area contributed by atoms with Crippen LogP contribution >= 0.6 is 0 Å².